The molecule has 0 saturated carbocycles. The number of nitrogens with zero attached hydrogens (tertiary/aromatic N) is 1. The maximum Gasteiger partial charge on any atom is 0.271 e. The third-order valence-electron chi connectivity index (χ3n) is 3.74. The van der Waals surface area contributed by atoms with Crippen LogP contribution in [0.1, 0.15) is 15.9 Å². The van der Waals surface area contributed by atoms with Crippen molar-refractivity contribution in [2.45, 2.75) is 6.61 Å². The van der Waals surface area contributed by atoms with E-state index in [9.17, 15) is 14.9 Å². The molecule has 0 saturated heterocycles. The van der Waals surface area contributed by atoms with Gasteiger partial charge in [-0.2, -0.15) is 0 Å². The number of nitro groups is 1. The van der Waals surface area contributed by atoms with Gasteiger partial charge in [-0.15, -0.1) is 0 Å². The van der Waals surface area contributed by atoms with Crippen LogP contribution in [-0.4, -0.2) is 10.8 Å². The molecule has 6 nitrogen and oxygen atoms in total. The number of hydrogen-bond acceptors (Lipinski definition) is 4. The van der Waals surface area contributed by atoms with Gasteiger partial charge in [0.05, 0.1) is 10.5 Å². The molecule has 27 heavy (non-hydrogen) atoms. The Morgan fingerprint density at radius 2 is 1.81 bits per heavy atom. The minimum Gasteiger partial charge on any atom is -0.488 e. The Morgan fingerprint density at radius 3 is 2.56 bits per heavy atom. The highest BCUT2D eigenvalue weighted by Crippen LogP contribution is 2.26. The Balaban J connectivity index is 1.80. The number of rotatable bonds is 6. The molecule has 0 aliphatic rings. The van der Waals surface area contributed by atoms with E-state index in [-0.39, 0.29) is 11.3 Å². The normalized spacial score (nSPS) is 10.3. The number of hydrogen-bond donors (Lipinski definition) is 1. The number of ether oxygens (including phenoxy) is 1. The van der Waals surface area contributed by atoms with E-state index >= 15 is 0 Å². The van der Waals surface area contributed by atoms with Crippen molar-refractivity contribution in [2.75, 3.05) is 5.32 Å². The molecule has 3 rings (SSSR count). The predicted molar refractivity (Wildman–Crippen MR) is 103 cm³/mol. The molecule has 136 valence electrons. The van der Waals surface area contributed by atoms with E-state index in [1.807, 2.05) is 30.3 Å². The summed E-state index contributed by atoms with van der Waals surface area (Å²) in [4.78, 5) is 23.0. The van der Waals surface area contributed by atoms with Crippen molar-refractivity contribution in [1.82, 2.24) is 0 Å². The van der Waals surface area contributed by atoms with Gasteiger partial charge in [0.25, 0.3) is 11.6 Å². The van der Waals surface area contributed by atoms with Gasteiger partial charge in [0.1, 0.15) is 12.4 Å². The second-order valence-electron chi connectivity index (χ2n) is 5.68. The molecule has 0 unspecified atom stereocenters. The van der Waals surface area contributed by atoms with Gasteiger partial charge in [0, 0.05) is 22.8 Å². The Labute approximate surface area is 160 Å². The molecule has 0 spiro atoms. The van der Waals surface area contributed by atoms with Crippen LogP contribution < -0.4 is 10.1 Å². The molecule has 3 aromatic carbocycles. The minimum atomic E-state index is -0.524. The number of benzene rings is 3. The van der Waals surface area contributed by atoms with Crippen molar-refractivity contribution in [3.63, 3.8) is 0 Å². The SMILES string of the molecule is O=C(Nc1cccc([N+](=O)[O-])c1)c1cc(Cl)ccc1OCc1ccccc1. The first-order valence-corrected chi connectivity index (χ1v) is 8.43. The highest BCUT2D eigenvalue weighted by Gasteiger charge is 2.15. The number of nitrogens with one attached hydrogen (secondary N) is 1. The predicted octanol–water partition coefficient (Wildman–Crippen LogP) is 5.08. The second-order valence-corrected chi connectivity index (χ2v) is 6.11. The van der Waals surface area contributed by atoms with Gasteiger partial charge in [-0.25, -0.2) is 0 Å². The number of carbonyl (C=O) groups is 1. The van der Waals surface area contributed by atoms with E-state index in [2.05, 4.69) is 5.32 Å². The van der Waals surface area contributed by atoms with Gasteiger partial charge in [-0.1, -0.05) is 48.0 Å². The lowest BCUT2D eigenvalue weighted by atomic mass is 10.1. The van der Waals surface area contributed by atoms with Gasteiger partial charge in [0.2, 0.25) is 0 Å². The van der Waals surface area contributed by atoms with E-state index < -0.39 is 10.8 Å². The third kappa shape index (κ3) is 4.83. The molecular weight excluding hydrogens is 368 g/mol. The molecule has 3 aromatic rings. The van der Waals surface area contributed by atoms with Crippen LogP contribution in [0.25, 0.3) is 0 Å². The Morgan fingerprint density at radius 1 is 1.04 bits per heavy atom. The van der Waals surface area contributed by atoms with E-state index in [0.29, 0.717) is 23.1 Å². The lowest BCUT2D eigenvalue weighted by molar-refractivity contribution is -0.384. The molecule has 0 aromatic heterocycles. The molecule has 7 heteroatoms. The zero-order valence-corrected chi connectivity index (χ0v) is 14.8. The quantitative estimate of drug-likeness (QED) is 0.476. The highest BCUT2D eigenvalue weighted by molar-refractivity contribution is 6.31. The Bertz CT molecular complexity index is 977. The van der Waals surface area contributed by atoms with Crippen molar-refractivity contribution in [1.29, 1.82) is 0 Å². The summed E-state index contributed by atoms with van der Waals surface area (Å²) >= 11 is 6.02. The van der Waals surface area contributed by atoms with Crippen LogP contribution in [0.5, 0.6) is 5.75 Å². The van der Waals surface area contributed by atoms with Crippen LogP contribution in [0.2, 0.25) is 5.02 Å². The van der Waals surface area contributed by atoms with Crippen LogP contribution >= 0.6 is 11.6 Å². The number of nitro benzene ring substituents is 1. The topological polar surface area (TPSA) is 81.5 Å². The van der Waals surface area contributed by atoms with Crippen LogP contribution in [0.15, 0.2) is 72.8 Å². The molecule has 0 bridgehead atoms. The van der Waals surface area contributed by atoms with Crippen molar-refractivity contribution in [3.05, 3.63) is 99.1 Å². The summed E-state index contributed by atoms with van der Waals surface area (Å²) in [5, 5.41) is 13.9. The first-order valence-electron chi connectivity index (χ1n) is 8.05. The van der Waals surface area contributed by atoms with Gasteiger partial charge in [-0.3, -0.25) is 14.9 Å². The fourth-order valence-corrected chi connectivity index (χ4v) is 2.61. The maximum absolute atomic E-state index is 12.7. The molecule has 0 aliphatic heterocycles. The molecule has 1 N–H and O–H groups in total. The number of amides is 1. The second kappa shape index (κ2) is 8.33. The van der Waals surface area contributed by atoms with Crippen LogP contribution in [-0.2, 0) is 6.61 Å². The molecule has 0 atom stereocenters. The number of carbonyl (C=O) groups excluding carboxylic acids is 1. The molecule has 0 radical (unpaired) electrons. The van der Waals surface area contributed by atoms with Gasteiger partial charge < -0.3 is 10.1 Å². The summed E-state index contributed by atoms with van der Waals surface area (Å²) in [7, 11) is 0. The Kier molecular flexibility index (Phi) is 5.68. The van der Waals surface area contributed by atoms with E-state index in [1.54, 1.807) is 18.2 Å². The molecule has 0 aliphatic carbocycles. The van der Waals surface area contributed by atoms with Crippen LogP contribution in [0, 0.1) is 10.1 Å². The smallest absolute Gasteiger partial charge is 0.271 e. The van der Waals surface area contributed by atoms with Gasteiger partial charge >= 0.3 is 0 Å². The summed E-state index contributed by atoms with van der Waals surface area (Å²) in [5.41, 5.74) is 1.39. The number of anilines is 1. The summed E-state index contributed by atoms with van der Waals surface area (Å²) in [6, 6.07) is 20.0. The van der Waals surface area contributed by atoms with Gasteiger partial charge in [-0.05, 0) is 29.8 Å². The first-order chi connectivity index (χ1) is 13.0. The largest absolute Gasteiger partial charge is 0.488 e. The molecule has 0 heterocycles. The summed E-state index contributed by atoms with van der Waals surface area (Å²) < 4.78 is 5.77. The van der Waals surface area contributed by atoms with Gasteiger partial charge in [0.15, 0.2) is 0 Å². The van der Waals surface area contributed by atoms with Crippen molar-refractivity contribution in [2.24, 2.45) is 0 Å². The van der Waals surface area contributed by atoms with Crippen LogP contribution in [0.4, 0.5) is 11.4 Å². The number of halogens is 1. The average molecular weight is 383 g/mol. The minimum absolute atomic E-state index is 0.112. The zero-order valence-electron chi connectivity index (χ0n) is 14.1. The fraction of sp³-hybridized carbons (Fsp3) is 0.0500. The molecule has 1 amide bonds. The highest BCUT2D eigenvalue weighted by atomic mass is 35.5. The lowest BCUT2D eigenvalue weighted by Gasteiger charge is -2.12. The monoisotopic (exact) mass is 382 g/mol. The molecule has 0 fully saturated rings. The lowest BCUT2D eigenvalue weighted by Crippen LogP contribution is -2.14. The molecular formula is C20H15ClN2O4. The summed E-state index contributed by atoms with van der Waals surface area (Å²) in [6.07, 6.45) is 0. The average Bonchev–Trinajstić information content (AvgIpc) is 2.68. The maximum atomic E-state index is 12.7. The number of non-ortho nitro benzene ring substituents is 1. The third-order valence-corrected chi connectivity index (χ3v) is 3.97. The summed E-state index contributed by atoms with van der Waals surface area (Å²) in [6.45, 7) is 0.291. The fourth-order valence-electron chi connectivity index (χ4n) is 2.44. The van der Waals surface area contributed by atoms with Crippen molar-refractivity contribution >= 4 is 28.9 Å². The van der Waals surface area contributed by atoms with E-state index in [1.165, 1.54) is 24.3 Å². The van der Waals surface area contributed by atoms with Crippen molar-refractivity contribution < 1.29 is 14.5 Å². The standard InChI is InChI=1S/C20H15ClN2O4/c21-15-9-10-19(27-13-14-5-2-1-3-6-14)18(11-15)20(24)22-16-7-4-8-17(12-16)23(25)26/h1-12H,13H2,(H,22,24). The Hall–Kier alpha value is -3.38. The zero-order chi connectivity index (χ0) is 19.2. The van der Waals surface area contributed by atoms with Crippen molar-refractivity contribution in [3.8, 4) is 5.75 Å². The van der Waals surface area contributed by atoms with Crippen LogP contribution in [0.3, 0.4) is 0 Å². The summed E-state index contributed by atoms with van der Waals surface area (Å²) in [5.74, 6) is -0.104. The van der Waals surface area contributed by atoms with E-state index in [4.69, 9.17) is 16.3 Å². The first kappa shape index (κ1) is 18.4. The van der Waals surface area contributed by atoms with E-state index in [0.717, 1.165) is 5.56 Å².